The molecule has 0 bridgehead atoms. The van der Waals surface area contributed by atoms with E-state index in [0.717, 1.165) is 32.1 Å². The van der Waals surface area contributed by atoms with Gasteiger partial charge in [0, 0.05) is 6.42 Å². The number of unbranched alkanes of at least 4 members (excludes halogenated alkanes) is 42. The molecule has 0 saturated heterocycles. The van der Waals surface area contributed by atoms with Gasteiger partial charge in [-0.3, -0.25) is 4.79 Å². The maximum absolute atomic E-state index is 12.4. The Labute approximate surface area is 395 Å². The number of aliphatic hydroxyl groups excluding tert-OH is 2. The molecule has 372 valence electrons. The van der Waals surface area contributed by atoms with Gasteiger partial charge in [-0.05, 0) is 51.4 Å². The van der Waals surface area contributed by atoms with Crippen molar-refractivity contribution in [3.05, 3.63) is 36.5 Å². The van der Waals surface area contributed by atoms with Crippen LogP contribution in [-0.4, -0.2) is 34.9 Å². The molecule has 0 heterocycles. The van der Waals surface area contributed by atoms with Crippen molar-refractivity contribution in [2.24, 2.45) is 0 Å². The van der Waals surface area contributed by atoms with Crippen molar-refractivity contribution in [1.29, 1.82) is 0 Å². The number of hydrogen-bond donors (Lipinski definition) is 3. The van der Waals surface area contributed by atoms with Crippen LogP contribution in [0.15, 0.2) is 36.5 Å². The largest absolute Gasteiger partial charge is 0.394 e. The van der Waals surface area contributed by atoms with Gasteiger partial charge in [-0.2, -0.15) is 0 Å². The van der Waals surface area contributed by atoms with Gasteiger partial charge in [0.2, 0.25) is 5.91 Å². The van der Waals surface area contributed by atoms with E-state index >= 15 is 0 Å². The molecule has 2 atom stereocenters. The van der Waals surface area contributed by atoms with Gasteiger partial charge in [0.25, 0.3) is 0 Å². The standard InChI is InChI=1S/C59H113NO3/c1-3-5-7-9-11-13-15-17-19-21-23-24-25-26-27-28-29-30-31-32-33-34-35-36-37-38-40-42-44-46-48-50-52-54-58(62)57(56-61)60-59(63)55-53-51-49-47-45-43-41-39-22-20-18-16-14-12-10-8-6-4-2/h14,16,20,22,52,54,57-58,61-62H,3-13,15,17-19,21,23-51,53,55-56H2,1-2H3,(H,60,63)/b16-14-,22-20-,54-52+. The van der Waals surface area contributed by atoms with Crippen LogP contribution in [0.25, 0.3) is 0 Å². The summed E-state index contributed by atoms with van der Waals surface area (Å²) in [5.74, 6) is -0.0687. The Morgan fingerprint density at radius 2 is 0.651 bits per heavy atom. The number of nitrogens with one attached hydrogen (secondary N) is 1. The first-order valence-electron chi connectivity index (χ1n) is 28.7. The van der Waals surface area contributed by atoms with Crippen LogP contribution in [0.2, 0.25) is 0 Å². The predicted octanol–water partition coefficient (Wildman–Crippen LogP) is 18.9. The van der Waals surface area contributed by atoms with E-state index in [1.54, 1.807) is 6.08 Å². The zero-order chi connectivity index (χ0) is 45.6. The molecule has 4 nitrogen and oxygen atoms in total. The van der Waals surface area contributed by atoms with E-state index in [2.05, 4.69) is 43.5 Å². The summed E-state index contributed by atoms with van der Waals surface area (Å²) in [6.07, 6.45) is 74.6. The lowest BCUT2D eigenvalue weighted by molar-refractivity contribution is -0.123. The van der Waals surface area contributed by atoms with Crippen molar-refractivity contribution in [3.63, 3.8) is 0 Å². The van der Waals surface area contributed by atoms with Crippen molar-refractivity contribution in [2.75, 3.05) is 6.61 Å². The maximum Gasteiger partial charge on any atom is 0.220 e. The quantitative estimate of drug-likeness (QED) is 0.0421. The second-order valence-electron chi connectivity index (χ2n) is 19.7. The Bertz CT molecular complexity index is 958. The highest BCUT2D eigenvalue weighted by molar-refractivity contribution is 5.76. The second kappa shape index (κ2) is 54.9. The Morgan fingerprint density at radius 1 is 0.381 bits per heavy atom. The summed E-state index contributed by atoms with van der Waals surface area (Å²) in [4.78, 5) is 12.4. The fourth-order valence-electron chi connectivity index (χ4n) is 8.98. The first kappa shape index (κ1) is 61.6. The third kappa shape index (κ3) is 51.5. The van der Waals surface area contributed by atoms with Gasteiger partial charge < -0.3 is 15.5 Å². The van der Waals surface area contributed by atoms with Crippen LogP contribution in [0.3, 0.4) is 0 Å². The van der Waals surface area contributed by atoms with E-state index in [1.165, 1.54) is 263 Å². The molecule has 4 heteroatoms. The fraction of sp³-hybridized carbons (Fsp3) is 0.881. The zero-order valence-electron chi connectivity index (χ0n) is 42.9. The summed E-state index contributed by atoms with van der Waals surface area (Å²) in [7, 11) is 0. The Hall–Kier alpha value is -1.39. The van der Waals surface area contributed by atoms with Crippen LogP contribution in [0.4, 0.5) is 0 Å². The molecule has 0 fully saturated rings. The van der Waals surface area contributed by atoms with Crippen LogP contribution >= 0.6 is 0 Å². The highest BCUT2D eigenvalue weighted by Gasteiger charge is 2.18. The molecule has 0 aromatic carbocycles. The average Bonchev–Trinajstić information content (AvgIpc) is 3.29. The number of rotatable bonds is 53. The molecule has 0 aliphatic carbocycles. The molecule has 0 aliphatic rings. The molecule has 3 N–H and O–H groups in total. The van der Waals surface area contributed by atoms with Crippen molar-refractivity contribution in [1.82, 2.24) is 5.32 Å². The molecule has 0 saturated carbocycles. The van der Waals surface area contributed by atoms with E-state index < -0.39 is 12.1 Å². The van der Waals surface area contributed by atoms with E-state index in [0.29, 0.717) is 6.42 Å². The van der Waals surface area contributed by atoms with Crippen LogP contribution in [0.1, 0.15) is 316 Å². The number of aliphatic hydroxyl groups is 2. The predicted molar refractivity (Wildman–Crippen MR) is 281 cm³/mol. The number of carbonyl (C=O) groups is 1. The van der Waals surface area contributed by atoms with Crippen LogP contribution in [0.5, 0.6) is 0 Å². The zero-order valence-corrected chi connectivity index (χ0v) is 42.9. The Balaban J connectivity index is 3.45. The summed E-state index contributed by atoms with van der Waals surface area (Å²) in [5.41, 5.74) is 0. The van der Waals surface area contributed by atoms with Crippen molar-refractivity contribution in [2.45, 2.75) is 328 Å². The highest BCUT2D eigenvalue weighted by atomic mass is 16.3. The summed E-state index contributed by atoms with van der Waals surface area (Å²) < 4.78 is 0. The molecule has 0 aromatic rings. The summed E-state index contributed by atoms with van der Waals surface area (Å²) in [5, 5.41) is 23.2. The molecular formula is C59H113NO3. The molecule has 63 heavy (non-hydrogen) atoms. The van der Waals surface area contributed by atoms with Gasteiger partial charge in [0.05, 0.1) is 18.8 Å². The number of allylic oxidation sites excluding steroid dienone is 5. The lowest BCUT2D eigenvalue weighted by Crippen LogP contribution is -2.45. The Kier molecular flexibility index (Phi) is 53.7. The third-order valence-electron chi connectivity index (χ3n) is 13.4. The third-order valence-corrected chi connectivity index (χ3v) is 13.4. The summed E-state index contributed by atoms with van der Waals surface area (Å²) >= 11 is 0. The lowest BCUT2D eigenvalue weighted by atomic mass is 10.0. The van der Waals surface area contributed by atoms with Crippen molar-refractivity contribution in [3.8, 4) is 0 Å². The minimum absolute atomic E-state index is 0.0687. The highest BCUT2D eigenvalue weighted by Crippen LogP contribution is 2.18. The SMILES string of the molecule is CCCCCC/C=C\C/C=C\CCCCCCCCCC(=O)NC(CO)C(O)/C=C/CCCCCCCCCCCCCCCCCCCCCCCCCCCCCCCCC. The average molecular weight is 885 g/mol. The lowest BCUT2D eigenvalue weighted by Gasteiger charge is -2.20. The van der Waals surface area contributed by atoms with Crippen LogP contribution in [0, 0.1) is 0 Å². The Morgan fingerprint density at radius 3 is 0.968 bits per heavy atom. The first-order valence-corrected chi connectivity index (χ1v) is 28.7. The molecule has 0 aliphatic heterocycles. The second-order valence-corrected chi connectivity index (χ2v) is 19.7. The van der Waals surface area contributed by atoms with E-state index in [9.17, 15) is 15.0 Å². The number of amides is 1. The number of carbonyl (C=O) groups excluding carboxylic acids is 1. The molecule has 0 aromatic heterocycles. The van der Waals surface area contributed by atoms with E-state index in [4.69, 9.17) is 0 Å². The van der Waals surface area contributed by atoms with Gasteiger partial charge in [-0.1, -0.05) is 294 Å². The first-order chi connectivity index (χ1) is 31.2. The van der Waals surface area contributed by atoms with Crippen LogP contribution in [-0.2, 0) is 4.79 Å². The monoisotopic (exact) mass is 884 g/mol. The fourth-order valence-corrected chi connectivity index (χ4v) is 8.98. The van der Waals surface area contributed by atoms with Gasteiger partial charge in [-0.15, -0.1) is 0 Å². The van der Waals surface area contributed by atoms with Crippen LogP contribution < -0.4 is 5.32 Å². The van der Waals surface area contributed by atoms with Crippen molar-refractivity contribution < 1.29 is 15.0 Å². The summed E-state index contributed by atoms with van der Waals surface area (Å²) in [6.45, 7) is 4.32. The van der Waals surface area contributed by atoms with Crippen molar-refractivity contribution >= 4 is 5.91 Å². The number of hydrogen-bond acceptors (Lipinski definition) is 3. The minimum Gasteiger partial charge on any atom is -0.394 e. The summed E-state index contributed by atoms with van der Waals surface area (Å²) in [6, 6.07) is -0.627. The van der Waals surface area contributed by atoms with E-state index in [-0.39, 0.29) is 12.5 Å². The maximum atomic E-state index is 12.4. The topological polar surface area (TPSA) is 69.6 Å². The molecule has 1 amide bonds. The van der Waals surface area contributed by atoms with Gasteiger partial charge in [-0.25, -0.2) is 0 Å². The molecule has 0 radical (unpaired) electrons. The molecular weight excluding hydrogens is 771 g/mol. The van der Waals surface area contributed by atoms with E-state index in [1.807, 2.05) is 6.08 Å². The van der Waals surface area contributed by atoms with Gasteiger partial charge >= 0.3 is 0 Å². The van der Waals surface area contributed by atoms with Gasteiger partial charge in [0.15, 0.2) is 0 Å². The molecule has 0 spiro atoms. The van der Waals surface area contributed by atoms with Gasteiger partial charge in [0.1, 0.15) is 0 Å². The normalized spacial score (nSPS) is 13.0. The molecule has 0 rings (SSSR count). The molecule has 2 unspecified atom stereocenters. The minimum atomic E-state index is -0.844. The smallest absolute Gasteiger partial charge is 0.220 e.